The molecule has 0 saturated carbocycles. The molecule has 2 atom stereocenters. The van der Waals surface area contributed by atoms with Crippen LogP contribution in [0.4, 0.5) is 0 Å². The summed E-state index contributed by atoms with van der Waals surface area (Å²) < 4.78 is 11.4. The maximum Gasteiger partial charge on any atom is 0.119 e. The fourth-order valence-corrected chi connectivity index (χ4v) is 2.39. The molecule has 0 radical (unpaired) electrons. The summed E-state index contributed by atoms with van der Waals surface area (Å²) in [4.78, 5) is 2.36. The SMILES string of the molecule is C[C@@H]1CN(CCOc2ccc(C#N)cc2)C[C@H](C)O1. The van der Waals surface area contributed by atoms with Gasteiger partial charge in [0.05, 0.1) is 23.8 Å². The number of hydrogen-bond acceptors (Lipinski definition) is 4. The zero-order valence-corrected chi connectivity index (χ0v) is 11.5. The van der Waals surface area contributed by atoms with Crippen LogP contribution in [-0.2, 0) is 4.74 Å². The highest BCUT2D eigenvalue weighted by Crippen LogP contribution is 2.13. The lowest BCUT2D eigenvalue weighted by molar-refractivity contribution is -0.0699. The van der Waals surface area contributed by atoms with Gasteiger partial charge in [0, 0.05) is 19.6 Å². The molecule has 0 spiro atoms. The molecule has 0 aliphatic carbocycles. The van der Waals surface area contributed by atoms with Crippen LogP contribution in [0.5, 0.6) is 5.75 Å². The number of morpholine rings is 1. The third-order valence-corrected chi connectivity index (χ3v) is 3.15. The van der Waals surface area contributed by atoms with Crippen LogP contribution in [0.1, 0.15) is 19.4 Å². The van der Waals surface area contributed by atoms with Crippen LogP contribution < -0.4 is 4.74 Å². The number of nitriles is 1. The van der Waals surface area contributed by atoms with E-state index < -0.39 is 0 Å². The molecule has 1 aromatic rings. The van der Waals surface area contributed by atoms with Crippen LogP contribution in [0.25, 0.3) is 0 Å². The van der Waals surface area contributed by atoms with Crippen molar-refractivity contribution in [2.24, 2.45) is 0 Å². The van der Waals surface area contributed by atoms with Crippen molar-refractivity contribution in [3.05, 3.63) is 29.8 Å². The van der Waals surface area contributed by atoms with Crippen molar-refractivity contribution >= 4 is 0 Å². The predicted octanol–water partition coefficient (Wildman–Crippen LogP) is 2.05. The van der Waals surface area contributed by atoms with Crippen LogP contribution in [-0.4, -0.2) is 43.3 Å². The highest BCUT2D eigenvalue weighted by Gasteiger charge is 2.21. The number of rotatable bonds is 4. The second-order valence-corrected chi connectivity index (χ2v) is 5.00. The maximum absolute atomic E-state index is 8.72. The van der Waals surface area contributed by atoms with Gasteiger partial charge in [-0.3, -0.25) is 4.90 Å². The van der Waals surface area contributed by atoms with Crippen molar-refractivity contribution < 1.29 is 9.47 Å². The van der Waals surface area contributed by atoms with Gasteiger partial charge in [0.15, 0.2) is 0 Å². The van der Waals surface area contributed by atoms with Gasteiger partial charge in [-0.1, -0.05) is 0 Å². The van der Waals surface area contributed by atoms with Crippen molar-refractivity contribution in [1.29, 1.82) is 5.26 Å². The largest absolute Gasteiger partial charge is 0.492 e. The molecule has 0 aromatic heterocycles. The van der Waals surface area contributed by atoms with E-state index in [-0.39, 0.29) is 0 Å². The van der Waals surface area contributed by atoms with Gasteiger partial charge in [0.1, 0.15) is 12.4 Å². The average Bonchev–Trinajstić information content (AvgIpc) is 2.38. The fourth-order valence-electron chi connectivity index (χ4n) is 2.39. The molecule has 0 amide bonds. The normalized spacial score (nSPS) is 23.8. The first-order chi connectivity index (χ1) is 9.17. The molecule has 4 heteroatoms. The van der Waals surface area contributed by atoms with Crippen LogP contribution in [0.15, 0.2) is 24.3 Å². The second kappa shape index (κ2) is 6.55. The fraction of sp³-hybridized carbons (Fsp3) is 0.533. The first-order valence-corrected chi connectivity index (χ1v) is 6.68. The number of ether oxygens (including phenoxy) is 2. The van der Waals surface area contributed by atoms with Crippen molar-refractivity contribution in [2.45, 2.75) is 26.1 Å². The van der Waals surface area contributed by atoms with Crippen LogP contribution in [0.2, 0.25) is 0 Å². The second-order valence-electron chi connectivity index (χ2n) is 5.00. The van der Waals surface area contributed by atoms with Crippen molar-refractivity contribution in [3.8, 4) is 11.8 Å². The zero-order chi connectivity index (χ0) is 13.7. The summed E-state index contributed by atoms with van der Waals surface area (Å²) in [5, 5.41) is 8.72. The molecule has 1 aromatic carbocycles. The number of hydrogen-bond donors (Lipinski definition) is 0. The molecule has 4 nitrogen and oxygen atoms in total. The molecule has 1 aliphatic rings. The van der Waals surface area contributed by atoms with Gasteiger partial charge in [-0.25, -0.2) is 0 Å². The van der Waals surface area contributed by atoms with E-state index in [1.54, 1.807) is 12.1 Å². The van der Waals surface area contributed by atoms with Gasteiger partial charge in [-0.15, -0.1) is 0 Å². The Kier molecular flexibility index (Phi) is 4.78. The lowest BCUT2D eigenvalue weighted by Crippen LogP contribution is -2.46. The molecule has 0 unspecified atom stereocenters. The summed E-state index contributed by atoms with van der Waals surface area (Å²) in [6, 6.07) is 9.31. The van der Waals surface area contributed by atoms with Crippen LogP contribution >= 0.6 is 0 Å². The smallest absolute Gasteiger partial charge is 0.119 e. The summed E-state index contributed by atoms with van der Waals surface area (Å²) >= 11 is 0. The van der Waals surface area contributed by atoms with Gasteiger partial charge < -0.3 is 9.47 Å². The van der Waals surface area contributed by atoms with E-state index in [1.165, 1.54) is 0 Å². The quantitative estimate of drug-likeness (QED) is 0.831. The summed E-state index contributed by atoms with van der Waals surface area (Å²) in [6.07, 6.45) is 0.581. The van der Waals surface area contributed by atoms with Gasteiger partial charge in [-0.05, 0) is 38.1 Å². The third kappa shape index (κ3) is 4.23. The topological polar surface area (TPSA) is 45.5 Å². The summed E-state index contributed by atoms with van der Waals surface area (Å²) in [6.45, 7) is 7.68. The van der Waals surface area contributed by atoms with Gasteiger partial charge in [-0.2, -0.15) is 5.26 Å². The molecule has 1 saturated heterocycles. The minimum absolute atomic E-state index is 0.290. The molecule has 2 rings (SSSR count). The van der Waals surface area contributed by atoms with Gasteiger partial charge >= 0.3 is 0 Å². The Labute approximate surface area is 114 Å². The molecule has 1 heterocycles. The Morgan fingerprint density at radius 2 is 1.89 bits per heavy atom. The van der Waals surface area contributed by atoms with Gasteiger partial charge in [0.25, 0.3) is 0 Å². The maximum atomic E-state index is 8.72. The Bertz CT molecular complexity index is 428. The highest BCUT2D eigenvalue weighted by molar-refractivity contribution is 5.34. The minimum Gasteiger partial charge on any atom is -0.492 e. The number of nitrogens with zero attached hydrogens (tertiary/aromatic N) is 2. The average molecular weight is 260 g/mol. The van der Waals surface area contributed by atoms with E-state index in [2.05, 4.69) is 24.8 Å². The van der Waals surface area contributed by atoms with E-state index in [0.717, 1.165) is 25.4 Å². The lowest BCUT2D eigenvalue weighted by atomic mass is 10.2. The highest BCUT2D eigenvalue weighted by atomic mass is 16.5. The summed E-state index contributed by atoms with van der Waals surface area (Å²) in [7, 11) is 0. The Hall–Kier alpha value is -1.57. The molecule has 102 valence electrons. The molecule has 1 aliphatic heterocycles. The zero-order valence-electron chi connectivity index (χ0n) is 11.5. The van der Waals surface area contributed by atoms with E-state index in [4.69, 9.17) is 14.7 Å². The van der Waals surface area contributed by atoms with Crippen LogP contribution in [0, 0.1) is 11.3 Å². The van der Waals surface area contributed by atoms with Crippen LogP contribution in [0.3, 0.4) is 0 Å². The van der Waals surface area contributed by atoms with Gasteiger partial charge in [0.2, 0.25) is 0 Å². The van der Waals surface area contributed by atoms with E-state index in [1.807, 2.05) is 12.1 Å². The minimum atomic E-state index is 0.290. The Morgan fingerprint density at radius 1 is 1.26 bits per heavy atom. The Balaban J connectivity index is 1.75. The Morgan fingerprint density at radius 3 is 2.47 bits per heavy atom. The number of benzene rings is 1. The molecular formula is C15H20N2O2. The van der Waals surface area contributed by atoms with Crippen molar-refractivity contribution in [1.82, 2.24) is 4.90 Å². The van der Waals surface area contributed by atoms with E-state index >= 15 is 0 Å². The monoisotopic (exact) mass is 260 g/mol. The molecule has 0 bridgehead atoms. The first kappa shape index (κ1) is 13.9. The predicted molar refractivity (Wildman–Crippen MR) is 73.1 cm³/mol. The third-order valence-electron chi connectivity index (χ3n) is 3.15. The van der Waals surface area contributed by atoms with E-state index in [0.29, 0.717) is 24.4 Å². The lowest BCUT2D eigenvalue weighted by Gasteiger charge is -2.35. The molecule has 0 N–H and O–H groups in total. The van der Waals surface area contributed by atoms with Crippen molar-refractivity contribution in [2.75, 3.05) is 26.2 Å². The summed E-state index contributed by atoms with van der Waals surface area (Å²) in [5.74, 6) is 0.813. The standard InChI is InChI=1S/C15H20N2O2/c1-12-10-17(11-13(2)19-12)7-8-18-15-5-3-14(9-16)4-6-15/h3-6,12-13H,7-8,10-11H2,1-2H3/t12-,13+. The molecular weight excluding hydrogens is 240 g/mol. The van der Waals surface area contributed by atoms with E-state index in [9.17, 15) is 0 Å². The summed E-state index contributed by atoms with van der Waals surface area (Å²) in [5.41, 5.74) is 0.656. The van der Waals surface area contributed by atoms with Crippen molar-refractivity contribution in [3.63, 3.8) is 0 Å². The molecule has 19 heavy (non-hydrogen) atoms. The first-order valence-electron chi connectivity index (χ1n) is 6.68. The molecule has 1 fully saturated rings.